The molecule has 0 bridgehead atoms. The molecule has 5 aliphatic rings. The summed E-state index contributed by atoms with van der Waals surface area (Å²) in [5.41, 5.74) is 48.6. The summed E-state index contributed by atoms with van der Waals surface area (Å²) in [4.78, 5) is 24.1. The Morgan fingerprint density at radius 3 is 1.05 bits per heavy atom. The number of hydrogen-bond donors (Lipinski definition) is 0. The van der Waals surface area contributed by atoms with Gasteiger partial charge in [0.15, 0.2) is 6.20 Å². The zero-order valence-electron chi connectivity index (χ0n) is 91.2. The van der Waals surface area contributed by atoms with Crippen molar-refractivity contribution in [2.45, 2.75) is 163 Å². The third kappa shape index (κ3) is 15.2. The van der Waals surface area contributed by atoms with Gasteiger partial charge in [-0.25, -0.2) is 29.5 Å². The van der Waals surface area contributed by atoms with Crippen LogP contribution >= 0.6 is 0 Å². The van der Waals surface area contributed by atoms with Gasteiger partial charge in [-0.15, -0.1) is 0 Å². The van der Waals surface area contributed by atoms with Gasteiger partial charge in [-0.3, -0.25) is 0 Å². The molecule has 730 valence electrons. The van der Waals surface area contributed by atoms with Gasteiger partial charge in [0.1, 0.15) is 64.4 Å². The highest BCUT2D eigenvalue weighted by atomic mass is 15.1. The van der Waals surface area contributed by atoms with Gasteiger partial charge in [0, 0.05) is 137 Å². The highest BCUT2D eigenvalue weighted by molar-refractivity contribution is 6.05. The lowest BCUT2D eigenvalue weighted by Gasteiger charge is -2.17. The van der Waals surface area contributed by atoms with E-state index < -0.39 is 6.37 Å². The molecule has 0 spiro atoms. The average Bonchev–Trinajstić information content (AvgIpc) is 1.53. The van der Waals surface area contributed by atoms with Crippen LogP contribution in [0.1, 0.15) is 166 Å². The quantitative estimate of drug-likeness (QED) is 0.134. The molecule has 15 heterocycles. The van der Waals surface area contributed by atoms with Crippen LogP contribution in [0, 0.1) is 102 Å². The fourth-order valence-electron chi connectivity index (χ4n) is 25.6. The molecule has 0 aliphatic carbocycles. The number of aromatic nitrogens is 15. The number of pyridine rings is 5. The zero-order chi connectivity index (χ0) is 104. The molecule has 15 heteroatoms. The van der Waals surface area contributed by atoms with E-state index in [0.29, 0.717) is 5.92 Å². The first-order chi connectivity index (χ1) is 72.3. The smallest absolute Gasteiger partial charge is 0.215 e. The first-order valence-electron chi connectivity index (χ1n) is 53.4. The van der Waals surface area contributed by atoms with Gasteiger partial charge in [-0.1, -0.05) is 185 Å². The van der Waals surface area contributed by atoms with Crippen molar-refractivity contribution in [2.75, 3.05) is 0 Å². The number of rotatable bonds is 9. The van der Waals surface area contributed by atoms with Crippen molar-refractivity contribution in [3.8, 4) is 79.0 Å². The summed E-state index contributed by atoms with van der Waals surface area (Å²) in [5, 5.41) is 15.6. The Morgan fingerprint density at radius 1 is 0.304 bits per heavy atom. The highest BCUT2D eigenvalue weighted by Gasteiger charge is 2.39. The van der Waals surface area contributed by atoms with E-state index in [1.807, 2.05) is 26.0 Å². The topological polar surface area (TPSA) is 108 Å². The van der Waals surface area contributed by atoms with Crippen LogP contribution in [0.5, 0.6) is 0 Å². The minimum atomic E-state index is -1.41. The molecule has 10 aromatic heterocycles. The Bertz CT molecular complexity index is 9500. The molecule has 0 N–H and O–H groups in total. The molecule has 0 saturated carbocycles. The van der Waals surface area contributed by atoms with Crippen molar-refractivity contribution in [3.05, 3.63) is 409 Å². The number of imidazole rings is 5. The second-order valence-electron chi connectivity index (χ2n) is 42.7. The van der Waals surface area contributed by atoms with Crippen molar-refractivity contribution in [1.29, 1.82) is 0 Å². The Hall–Kier alpha value is -16.3. The molecule has 0 fully saturated rings. The van der Waals surface area contributed by atoms with Gasteiger partial charge < -0.3 is 22.8 Å². The fraction of sp³-hybridized carbons (Fsp3) is 0.233. The van der Waals surface area contributed by atoms with Crippen LogP contribution in [-0.2, 0) is 80.1 Å². The standard InChI is InChI=1S/2C30H30N3.2C28H26N3.C17H16N3/c2*1-18(2)15-21-9-8-12-26-23(21)13-14-27(32(26)5)29-20(4)22-10-6-7-11-24(22)25-16-28-31-19(3)17-33(28)30(25)29;2*1-16-9-8-12-23-26(16)17(2)13-24(30(23)5)27-19(4)20-10-6-7-11-21(20)22-14-25-29-18(3)15-31(25)28(22)27;1-12-8-9-13-17(20-11-5-7-15(20)18-13)16(12)14-6-3-4-10-19(14)2/h2*6-14,17-18H,15-16H2,1-5H3;2*6-13,15H,14H2,1-5H3;3-6,8-11H,7H2,1-2H3/q5*+1/i15D2;;;;. The van der Waals surface area contributed by atoms with E-state index >= 15 is 0 Å². The summed E-state index contributed by atoms with van der Waals surface area (Å²) in [5.74, 6) is 6.15. The van der Waals surface area contributed by atoms with E-state index in [4.69, 9.17) is 27.7 Å². The molecule has 148 heavy (non-hydrogen) atoms. The Labute approximate surface area is 869 Å². The van der Waals surface area contributed by atoms with Gasteiger partial charge in [-0.05, 0) is 265 Å². The summed E-state index contributed by atoms with van der Waals surface area (Å²) in [7, 11) is 10.8. The van der Waals surface area contributed by atoms with Crippen LogP contribution in [0.15, 0.2) is 274 Å². The van der Waals surface area contributed by atoms with Gasteiger partial charge in [0.2, 0.25) is 50.5 Å². The van der Waals surface area contributed by atoms with Crippen molar-refractivity contribution in [1.82, 2.24) is 47.8 Å². The van der Waals surface area contributed by atoms with Crippen LogP contribution in [0.25, 0.3) is 183 Å². The molecule has 0 radical (unpaired) electrons. The second kappa shape index (κ2) is 36.4. The Balaban J connectivity index is 0.000000101. The van der Waals surface area contributed by atoms with Crippen LogP contribution in [0.4, 0.5) is 0 Å². The second-order valence-corrected chi connectivity index (χ2v) is 42.7. The fourth-order valence-corrected chi connectivity index (χ4v) is 25.6. The summed E-state index contributed by atoms with van der Waals surface area (Å²) < 4.78 is 40.5. The number of fused-ring (bicyclic) bond motifs is 27. The molecule has 13 aromatic carbocycles. The van der Waals surface area contributed by atoms with Gasteiger partial charge in [-0.2, -0.15) is 18.3 Å². The third-order valence-electron chi connectivity index (χ3n) is 32.2. The van der Waals surface area contributed by atoms with Crippen molar-refractivity contribution in [3.63, 3.8) is 0 Å². The van der Waals surface area contributed by atoms with E-state index in [-0.39, 0.29) is 5.92 Å². The maximum absolute atomic E-state index is 8.75. The molecule has 5 aliphatic heterocycles. The molecule has 23 aromatic rings. The number of nitrogens with zero attached hydrogens (tertiary/aromatic N) is 15. The predicted molar refractivity (Wildman–Crippen MR) is 606 cm³/mol. The molecular weight excluding hydrogens is 1810 g/mol. The molecule has 0 atom stereocenters. The largest absolute Gasteiger partial charge is 0.302 e. The summed E-state index contributed by atoms with van der Waals surface area (Å²) in [6.07, 6.45) is 19.2. The first kappa shape index (κ1) is 91.7. The summed E-state index contributed by atoms with van der Waals surface area (Å²) in [6.45, 7) is 36.9. The SMILES string of the molecule is Cc1ccc2nc3n(c2c1-c1cccc[n+]1C)C=CC3.Cc1cn2c(n1)Cc1c-2c(-c2cc(C)c3c(C)cccc3[n+]2C)c(C)c2ccccc12.Cc1cn2c(n1)Cc1c-2c(-c2cc(C)c3c(C)cccc3[n+]2C)c(C)c2ccccc12.Cc1cn2c(n1)Cc1c-2c(-c2ccc3c(CC(C)C)cccc3[n+]2C)c(C)c2ccccc12.[2H]C([2H])(c1cccc2c1ccc(-c1c3c(c4ccccc4c1C)Cc1nc(C)cn1-3)[n+]2C)C(C)C. The predicted octanol–water partition coefficient (Wildman–Crippen LogP) is 27.3. The highest BCUT2D eigenvalue weighted by Crippen LogP contribution is 2.50. The van der Waals surface area contributed by atoms with Crippen LogP contribution in [0.3, 0.4) is 0 Å². The number of benzene rings is 13. The lowest BCUT2D eigenvalue weighted by molar-refractivity contribution is -0.660. The first-order valence-corrected chi connectivity index (χ1v) is 52.4. The van der Waals surface area contributed by atoms with Crippen molar-refractivity contribution in [2.24, 2.45) is 47.1 Å². The Kier molecular flexibility index (Phi) is 22.6. The number of allylic oxidation sites excluding steroid dienone is 1. The normalized spacial score (nSPS) is 13.0. The number of aryl methyl sites for hydroxylation is 18. The molecular formula is C133H128N15+5. The van der Waals surface area contributed by atoms with E-state index in [2.05, 4.69) is 452 Å². The lowest BCUT2D eigenvalue weighted by Crippen LogP contribution is -2.33. The lowest BCUT2D eigenvalue weighted by atomic mass is 9.90. The minimum absolute atomic E-state index is 0.119. The molecule has 15 nitrogen and oxygen atoms in total. The Morgan fingerprint density at radius 2 is 0.662 bits per heavy atom. The zero-order valence-corrected chi connectivity index (χ0v) is 89.2. The van der Waals surface area contributed by atoms with Crippen molar-refractivity contribution < 1.29 is 25.6 Å². The molecule has 0 amide bonds. The number of hydrogen-bond acceptors (Lipinski definition) is 5. The molecule has 0 saturated heterocycles. The summed E-state index contributed by atoms with van der Waals surface area (Å²) in [6, 6.07) is 85.4. The third-order valence-corrected chi connectivity index (χ3v) is 32.2. The summed E-state index contributed by atoms with van der Waals surface area (Å²) >= 11 is 0. The molecule has 28 rings (SSSR count). The van der Waals surface area contributed by atoms with Crippen LogP contribution in [0.2, 0.25) is 0 Å². The monoisotopic (exact) mass is 1940 g/mol. The van der Waals surface area contributed by atoms with Gasteiger partial charge in [0.05, 0.1) is 95.1 Å². The van der Waals surface area contributed by atoms with E-state index in [0.717, 1.165) is 118 Å². The maximum Gasteiger partial charge on any atom is 0.215 e. The van der Waals surface area contributed by atoms with Crippen molar-refractivity contribution >= 4 is 104 Å². The van der Waals surface area contributed by atoms with E-state index in [1.165, 1.54) is 233 Å². The minimum Gasteiger partial charge on any atom is -0.302 e. The van der Waals surface area contributed by atoms with Crippen LogP contribution in [-0.4, -0.2) is 47.8 Å². The molecule has 0 unspecified atom stereocenters. The van der Waals surface area contributed by atoms with E-state index in [9.17, 15) is 0 Å². The van der Waals surface area contributed by atoms with Gasteiger partial charge >= 0.3 is 0 Å². The van der Waals surface area contributed by atoms with Gasteiger partial charge in [0.25, 0.3) is 0 Å². The maximum atomic E-state index is 8.75. The van der Waals surface area contributed by atoms with Crippen LogP contribution < -0.4 is 22.8 Å². The van der Waals surface area contributed by atoms with E-state index in [1.54, 1.807) is 0 Å². The average molecular weight is 1940 g/mol.